The first-order valence-electron chi connectivity index (χ1n) is 10.4. The Labute approximate surface area is 177 Å². The third kappa shape index (κ3) is 3.71. The highest BCUT2D eigenvalue weighted by atomic mass is 15.3. The van der Waals surface area contributed by atoms with Crippen LogP contribution in [0.5, 0.6) is 0 Å². The van der Waals surface area contributed by atoms with Crippen LogP contribution in [0.4, 0.5) is 0 Å². The summed E-state index contributed by atoms with van der Waals surface area (Å²) in [5, 5.41) is 2.57. The van der Waals surface area contributed by atoms with Crippen molar-refractivity contribution in [3.8, 4) is 11.3 Å². The van der Waals surface area contributed by atoms with Gasteiger partial charge in [0.1, 0.15) is 0 Å². The third-order valence-electron chi connectivity index (χ3n) is 5.99. The molecule has 1 unspecified atom stereocenters. The molecule has 0 aliphatic carbocycles. The number of aromatic nitrogens is 1. The largest absolute Gasteiger partial charge is 0.351 e. The van der Waals surface area contributed by atoms with E-state index < -0.39 is 0 Å². The van der Waals surface area contributed by atoms with Gasteiger partial charge in [-0.1, -0.05) is 72.8 Å². The van der Waals surface area contributed by atoms with E-state index in [1.807, 2.05) is 30.7 Å². The Morgan fingerprint density at radius 1 is 0.833 bits per heavy atom. The molecule has 1 aliphatic rings. The molecule has 0 amide bonds. The van der Waals surface area contributed by atoms with Crippen molar-refractivity contribution in [3.63, 3.8) is 0 Å². The summed E-state index contributed by atoms with van der Waals surface area (Å²) in [7, 11) is 0. The molecule has 4 aromatic rings. The summed E-state index contributed by atoms with van der Waals surface area (Å²) in [5.41, 5.74) is 4.68. The monoisotopic (exact) mass is 391 g/mol. The summed E-state index contributed by atoms with van der Waals surface area (Å²) in [5.74, 6) is 0. The highest BCUT2D eigenvalue weighted by molar-refractivity contribution is 5.83. The lowest BCUT2D eigenvalue weighted by Crippen LogP contribution is -2.45. The second-order valence-corrected chi connectivity index (χ2v) is 8.36. The van der Waals surface area contributed by atoms with Gasteiger partial charge in [-0.2, -0.15) is 0 Å². The maximum atomic E-state index is 4.71. The van der Waals surface area contributed by atoms with Crippen molar-refractivity contribution in [1.82, 2.24) is 9.88 Å². The van der Waals surface area contributed by atoms with Crippen LogP contribution in [0.1, 0.15) is 18.1 Å². The van der Waals surface area contributed by atoms with Crippen molar-refractivity contribution in [1.29, 1.82) is 0 Å². The zero-order valence-corrected chi connectivity index (χ0v) is 17.2. The molecule has 0 saturated heterocycles. The molecule has 1 aliphatic heterocycles. The van der Waals surface area contributed by atoms with Gasteiger partial charge in [-0.25, -0.2) is 0 Å². The SMILES string of the molecule is CC1(Cc2ccc(-c3ccccc3)nc2)CN=CN1Cc1ccc2ccccc2c1. The molecule has 5 rings (SSSR count). The van der Waals surface area contributed by atoms with Gasteiger partial charge in [0.05, 0.1) is 24.1 Å². The number of rotatable bonds is 5. The average molecular weight is 392 g/mol. The molecular formula is C27H25N3. The first-order chi connectivity index (χ1) is 14.7. The molecule has 0 N–H and O–H groups in total. The Hall–Kier alpha value is -3.46. The minimum absolute atomic E-state index is 0.0401. The first kappa shape index (κ1) is 18.6. The topological polar surface area (TPSA) is 28.5 Å². The zero-order valence-electron chi connectivity index (χ0n) is 17.2. The fraction of sp³-hybridized carbons (Fsp3) is 0.185. The van der Waals surface area contributed by atoms with Crippen molar-refractivity contribution >= 4 is 17.1 Å². The minimum atomic E-state index is -0.0401. The van der Waals surface area contributed by atoms with E-state index in [0.717, 1.165) is 30.8 Å². The number of nitrogens with zero attached hydrogens (tertiary/aromatic N) is 3. The summed E-state index contributed by atoms with van der Waals surface area (Å²) in [6.07, 6.45) is 4.95. The Bertz CT molecular complexity index is 1180. The third-order valence-corrected chi connectivity index (χ3v) is 5.99. The molecule has 30 heavy (non-hydrogen) atoms. The van der Waals surface area contributed by atoms with Crippen LogP contribution < -0.4 is 0 Å². The Morgan fingerprint density at radius 3 is 2.40 bits per heavy atom. The summed E-state index contributed by atoms with van der Waals surface area (Å²) in [6.45, 7) is 3.97. The fourth-order valence-corrected chi connectivity index (χ4v) is 4.24. The highest BCUT2D eigenvalue weighted by Crippen LogP contribution is 2.28. The van der Waals surface area contributed by atoms with Crippen molar-refractivity contribution in [2.75, 3.05) is 6.54 Å². The standard InChI is InChI=1S/C27H25N3/c1-27(16-22-12-14-26(29-17-22)24-8-3-2-4-9-24)19-28-20-30(27)18-21-11-13-23-7-5-6-10-25(23)15-21/h2-15,17,20H,16,18-19H2,1H3. The Balaban J connectivity index is 1.33. The van der Waals surface area contributed by atoms with E-state index >= 15 is 0 Å². The second-order valence-electron chi connectivity index (χ2n) is 8.36. The van der Waals surface area contributed by atoms with Crippen molar-refractivity contribution < 1.29 is 0 Å². The van der Waals surface area contributed by atoms with Crippen LogP contribution in [-0.2, 0) is 13.0 Å². The summed E-state index contributed by atoms with van der Waals surface area (Å²) >= 11 is 0. The van der Waals surface area contributed by atoms with Crippen molar-refractivity contribution in [3.05, 3.63) is 102 Å². The predicted octanol–water partition coefficient (Wildman–Crippen LogP) is 5.75. The number of pyridine rings is 1. The van der Waals surface area contributed by atoms with Crippen LogP contribution in [-0.4, -0.2) is 28.3 Å². The lowest BCUT2D eigenvalue weighted by atomic mass is 9.92. The molecule has 3 heteroatoms. The Kier molecular flexibility index (Phi) is 4.80. The first-order valence-corrected chi connectivity index (χ1v) is 10.4. The highest BCUT2D eigenvalue weighted by Gasteiger charge is 2.34. The maximum absolute atomic E-state index is 4.71. The Morgan fingerprint density at radius 2 is 1.60 bits per heavy atom. The van der Waals surface area contributed by atoms with Gasteiger partial charge in [0.15, 0.2) is 0 Å². The molecule has 1 aromatic heterocycles. The minimum Gasteiger partial charge on any atom is -0.351 e. The van der Waals surface area contributed by atoms with E-state index in [-0.39, 0.29) is 5.54 Å². The average Bonchev–Trinajstić information content (AvgIpc) is 3.14. The van der Waals surface area contributed by atoms with Crippen LogP contribution >= 0.6 is 0 Å². The van der Waals surface area contributed by atoms with Crippen LogP contribution in [0.15, 0.2) is 96.1 Å². The molecule has 148 valence electrons. The van der Waals surface area contributed by atoms with Crippen LogP contribution in [0.25, 0.3) is 22.0 Å². The number of hydrogen-bond donors (Lipinski definition) is 0. The van der Waals surface area contributed by atoms with Gasteiger partial charge in [-0.3, -0.25) is 9.98 Å². The lowest BCUT2D eigenvalue weighted by molar-refractivity contribution is 0.221. The van der Waals surface area contributed by atoms with Crippen LogP contribution in [0, 0.1) is 0 Å². The van der Waals surface area contributed by atoms with Crippen LogP contribution in [0.2, 0.25) is 0 Å². The smallest absolute Gasteiger partial charge is 0.0859 e. The lowest BCUT2D eigenvalue weighted by Gasteiger charge is -2.35. The maximum Gasteiger partial charge on any atom is 0.0859 e. The molecule has 0 bridgehead atoms. The van der Waals surface area contributed by atoms with Crippen molar-refractivity contribution in [2.45, 2.75) is 25.4 Å². The van der Waals surface area contributed by atoms with E-state index in [9.17, 15) is 0 Å². The fourth-order valence-electron chi connectivity index (χ4n) is 4.24. The number of benzene rings is 3. The zero-order chi connectivity index (χ0) is 20.4. The molecule has 3 aromatic carbocycles. The second kappa shape index (κ2) is 7.75. The van der Waals surface area contributed by atoms with Gasteiger partial charge < -0.3 is 4.90 Å². The van der Waals surface area contributed by atoms with E-state index in [4.69, 9.17) is 4.98 Å². The summed E-state index contributed by atoms with van der Waals surface area (Å²) in [6, 6.07) is 29.9. The summed E-state index contributed by atoms with van der Waals surface area (Å²) in [4.78, 5) is 11.7. The van der Waals surface area contributed by atoms with Gasteiger partial charge in [-0.05, 0) is 47.4 Å². The molecule has 0 spiro atoms. The molecule has 0 fully saturated rings. The van der Waals surface area contributed by atoms with E-state index in [1.54, 1.807) is 0 Å². The molecule has 1 atom stereocenters. The van der Waals surface area contributed by atoms with Gasteiger partial charge in [0, 0.05) is 18.3 Å². The normalized spacial score (nSPS) is 18.2. The molecule has 0 saturated carbocycles. The number of aliphatic imine (C=N–C) groups is 1. The van der Waals surface area contributed by atoms with Crippen LogP contribution in [0.3, 0.4) is 0 Å². The summed E-state index contributed by atoms with van der Waals surface area (Å²) < 4.78 is 0. The van der Waals surface area contributed by atoms with E-state index in [0.29, 0.717) is 0 Å². The molecule has 3 nitrogen and oxygen atoms in total. The number of fused-ring (bicyclic) bond motifs is 1. The van der Waals surface area contributed by atoms with E-state index in [1.165, 1.54) is 21.9 Å². The number of hydrogen-bond acceptors (Lipinski definition) is 3. The van der Waals surface area contributed by atoms with Gasteiger partial charge in [0.2, 0.25) is 0 Å². The van der Waals surface area contributed by atoms with Crippen molar-refractivity contribution in [2.24, 2.45) is 4.99 Å². The molecule has 2 heterocycles. The predicted molar refractivity (Wildman–Crippen MR) is 125 cm³/mol. The molecule has 0 radical (unpaired) electrons. The van der Waals surface area contributed by atoms with Gasteiger partial charge in [-0.15, -0.1) is 0 Å². The molecular weight excluding hydrogens is 366 g/mol. The van der Waals surface area contributed by atoms with Gasteiger partial charge in [0.25, 0.3) is 0 Å². The van der Waals surface area contributed by atoms with Gasteiger partial charge >= 0.3 is 0 Å². The quantitative estimate of drug-likeness (QED) is 0.433. The van der Waals surface area contributed by atoms with E-state index in [2.05, 4.69) is 83.5 Å².